The van der Waals surface area contributed by atoms with Crippen LogP contribution in [-0.2, 0) is 22.6 Å². The van der Waals surface area contributed by atoms with Gasteiger partial charge in [-0.2, -0.15) is 0 Å². The highest BCUT2D eigenvalue weighted by Gasteiger charge is 2.46. The second kappa shape index (κ2) is 9.43. The molecule has 7 heteroatoms. The summed E-state index contributed by atoms with van der Waals surface area (Å²) in [4.78, 5) is 45.9. The molecule has 4 rings (SSSR count). The number of carbonyl (C=O) groups is 3. The minimum absolute atomic E-state index is 0.135. The smallest absolute Gasteiger partial charge is 0.326 e. The molecule has 32 heavy (non-hydrogen) atoms. The van der Waals surface area contributed by atoms with Crippen molar-refractivity contribution >= 4 is 29.2 Å². The third kappa shape index (κ3) is 4.51. The monoisotopic (exact) mass is 428 g/mol. The first-order valence-electron chi connectivity index (χ1n) is 10.5. The maximum Gasteiger partial charge on any atom is 0.332 e. The molecule has 1 aliphatic rings. The van der Waals surface area contributed by atoms with Crippen molar-refractivity contribution in [1.82, 2.24) is 9.88 Å². The van der Waals surface area contributed by atoms with Gasteiger partial charge in [0, 0.05) is 24.6 Å². The normalized spacial score (nSPS) is 15.8. The molecule has 2 aromatic carbocycles. The summed E-state index contributed by atoms with van der Waals surface area (Å²) in [6.07, 6.45) is 4.07. The van der Waals surface area contributed by atoms with E-state index >= 15 is 0 Å². The number of rotatable bonds is 7. The van der Waals surface area contributed by atoms with Crippen molar-refractivity contribution in [3.63, 3.8) is 0 Å². The number of hydrogen-bond donors (Lipinski definition) is 1. The van der Waals surface area contributed by atoms with Gasteiger partial charge in [-0.05, 0) is 47.9 Å². The van der Waals surface area contributed by atoms with Crippen molar-refractivity contribution in [3.8, 4) is 0 Å². The lowest BCUT2D eigenvalue weighted by molar-refractivity contribution is -0.124. The molecule has 0 spiro atoms. The minimum atomic E-state index is -0.905. The number of anilines is 2. The van der Waals surface area contributed by atoms with E-state index < -0.39 is 18.0 Å². The van der Waals surface area contributed by atoms with Gasteiger partial charge in [0.05, 0.1) is 12.1 Å². The van der Waals surface area contributed by atoms with E-state index in [1.54, 1.807) is 42.7 Å². The lowest BCUT2D eigenvalue weighted by atomic mass is 10.1. The van der Waals surface area contributed by atoms with Crippen molar-refractivity contribution in [2.75, 3.05) is 10.2 Å². The van der Waals surface area contributed by atoms with Crippen LogP contribution in [-0.4, -0.2) is 33.8 Å². The zero-order valence-electron chi connectivity index (χ0n) is 17.8. The van der Waals surface area contributed by atoms with E-state index in [1.165, 1.54) is 10.5 Å². The van der Waals surface area contributed by atoms with Gasteiger partial charge in [0.25, 0.3) is 5.91 Å². The molecule has 2 heterocycles. The number of aryl methyl sites for hydroxylation is 1. The van der Waals surface area contributed by atoms with Gasteiger partial charge in [-0.15, -0.1) is 0 Å². The van der Waals surface area contributed by atoms with Crippen molar-refractivity contribution in [2.45, 2.75) is 32.4 Å². The Kier molecular flexibility index (Phi) is 6.26. The van der Waals surface area contributed by atoms with Gasteiger partial charge < -0.3 is 10.2 Å². The van der Waals surface area contributed by atoms with E-state index in [1.807, 2.05) is 36.4 Å². The van der Waals surface area contributed by atoms with Crippen LogP contribution >= 0.6 is 0 Å². The SMILES string of the molecule is CCc1ccc(NC(=O)C[C@H]2C(=O)N(c3ccccc3)C(=O)N2Cc2cccnc2)cc1. The van der Waals surface area contributed by atoms with E-state index in [-0.39, 0.29) is 18.9 Å². The summed E-state index contributed by atoms with van der Waals surface area (Å²) in [7, 11) is 0. The third-order valence-corrected chi connectivity index (χ3v) is 5.43. The van der Waals surface area contributed by atoms with Crippen molar-refractivity contribution in [2.24, 2.45) is 0 Å². The standard InChI is InChI=1S/C25H24N4O3/c1-2-18-10-12-20(13-11-18)27-23(30)15-22-24(31)29(21-8-4-3-5-9-21)25(32)28(22)17-19-7-6-14-26-16-19/h3-14,16,22H,2,15,17H2,1H3,(H,27,30)/t22-/m0/s1. The molecule has 1 fully saturated rings. The number of benzene rings is 2. The highest BCUT2D eigenvalue weighted by Crippen LogP contribution is 2.28. The molecule has 1 aromatic heterocycles. The van der Waals surface area contributed by atoms with Gasteiger partial charge in [0.15, 0.2) is 0 Å². The third-order valence-electron chi connectivity index (χ3n) is 5.43. The molecular formula is C25H24N4O3. The Morgan fingerprint density at radius 3 is 2.38 bits per heavy atom. The van der Waals surface area contributed by atoms with Crippen molar-refractivity contribution < 1.29 is 14.4 Å². The predicted molar refractivity (Wildman–Crippen MR) is 122 cm³/mol. The van der Waals surface area contributed by atoms with Gasteiger partial charge in [-0.25, -0.2) is 9.69 Å². The summed E-state index contributed by atoms with van der Waals surface area (Å²) in [5.74, 6) is -0.743. The summed E-state index contributed by atoms with van der Waals surface area (Å²) >= 11 is 0. The first kappa shape index (κ1) is 21.2. The number of nitrogens with zero attached hydrogens (tertiary/aromatic N) is 3. The van der Waals surface area contributed by atoms with Crippen LogP contribution in [0.1, 0.15) is 24.5 Å². The van der Waals surface area contributed by atoms with E-state index in [9.17, 15) is 14.4 Å². The molecule has 1 N–H and O–H groups in total. The number of imide groups is 1. The van der Waals surface area contributed by atoms with E-state index in [4.69, 9.17) is 0 Å². The largest absolute Gasteiger partial charge is 0.332 e. The maximum atomic E-state index is 13.3. The first-order chi connectivity index (χ1) is 15.6. The molecule has 0 unspecified atom stereocenters. The Labute approximate surface area is 186 Å². The summed E-state index contributed by atoms with van der Waals surface area (Å²) < 4.78 is 0. The van der Waals surface area contributed by atoms with Gasteiger partial charge in [0.2, 0.25) is 5.91 Å². The average molecular weight is 428 g/mol. The predicted octanol–water partition coefficient (Wildman–Crippen LogP) is 4.01. The molecule has 1 saturated heterocycles. The molecule has 162 valence electrons. The van der Waals surface area contributed by atoms with Crippen LogP contribution in [0.2, 0.25) is 0 Å². The fourth-order valence-electron chi connectivity index (χ4n) is 3.73. The van der Waals surface area contributed by atoms with E-state index in [2.05, 4.69) is 17.2 Å². The van der Waals surface area contributed by atoms with Gasteiger partial charge in [-0.3, -0.25) is 14.6 Å². The molecular weight excluding hydrogens is 404 g/mol. The zero-order chi connectivity index (χ0) is 22.5. The zero-order valence-corrected chi connectivity index (χ0v) is 17.8. The Hall–Kier alpha value is -4.00. The quantitative estimate of drug-likeness (QED) is 0.577. The minimum Gasteiger partial charge on any atom is -0.326 e. The Balaban J connectivity index is 1.56. The second-order valence-corrected chi connectivity index (χ2v) is 7.60. The molecule has 3 aromatic rings. The first-order valence-corrected chi connectivity index (χ1v) is 10.5. The average Bonchev–Trinajstić information content (AvgIpc) is 3.04. The summed E-state index contributed by atoms with van der Waals surface area (Å²) in [6, 6.07) is 18.6. The topological polar surface area (TPSA) is 82.6 Å². The molecule has 0 bridgehead atoms. The Bertz CT molecular complexity index is 1100. The van der Waals surface area contributed by atoms with Gasteiger partial charge >= 0.3 is 6.03 Å². The number of urea groups is 1. The summed E-state index contributed by atoms with van der Waals surface area (Å²) in [6.45, 7) is 2.25. The molecule has 0 aliphatic carbocycles. The van der Waals surface area contributed by atoms with Crippen LogP contribution in [0.5, 0.6) is 0 Å². The number of amides is 4. The van der Waals surface area contributed by atoms with Crippen molar-refractivity contribution in [1.29, 1.82) is 0 Å². The Morgan fingerprint density at radius 2 is 1.72 bits per heavy atom. The number of pyridine rings is 1. The molecule has 0 radical (unpaired) electrons. The number of carbonyl (C=O) groups excluding carboxylic acids is 3. The second-order valence-electron chi connectivity index (χ2n) is 7.60. The highest BCUT2D eigenvalue weighted by atomic mass is 16.2. The van der Waals surface area contributed by atoms with Crippen molar-refractivity contribution in [3.05, 3.63) is 90.3 Å². The molecule has 0 saturated carbocycles. The maximum absolute atomic E-state index is 13.3. The molecule has 4 amide bonds. The highest BCUT2D eigenvalue weighted by molar-refractivity contribution is 6.22. The molecule has 1 atom stereocenters. The van der Waals surface area contributed by atoms with Gasteiger partial charge in [0.1, 0.15) is 6.04 Å². The Morgan fingerprint density at radius 1 is 0.969 bits per heavy atom. The fourth-order valence-corrected chi connectivity index (χ4v) is 3.73. The van der Waals surface area contributed by atoms with Crippen LogP contribution in [0.15, 0.2) is 79.1 Å². The lowest BCUT2D eigenvalue weighted by Crippen LogP contribution is -2.37. The van der Waals surface area contributed by atoms with Crippen LogP contribution in [0.3, 0.4) is 0 Å². The van der Waals surface area contributed by atoms with E-state index in [0.717, 1.165) is 16.9 Å². The van der Waals surface area contributed by atoms with Crippen LogP contribution < -0.4 is 10.2 Å². The molecule has 7 nitrogen and oxygen atoms in total. The van der Waals surface area contributed by atoms with Crippen LogP contribution in [0.25, 0.3) is 0 Å². The summed E-state index contributed by atoms with van der Waals surface area (Å²) in [5.41, 5.74) is 3.09. The number of nitrogens with one attached hydrogen (secondary N) is 1. The van der Waals surface area contributed by atoms with Crippen LogP contribution in [0, 0.1) is 0 Å². The number of para-hydroxylation sites is 1. The molecule has 1 aliphatic heterocycles. The lowest BCUT2D eigenvalue weighted by Gasteiger charge is -2.21. The van der Waals surface area contributed by atoms with Gasteiger partial charge in [-0.1, -0.05) is 43.3 Å². The number of hydrogen-bond acceptors (Lipinski definition) is 4. The number of aromatic nitrogens is 1. The van der Waals surface area contributed by atoms with Crippen LogP contribution in [0.4, 0.5) is 16.2 Å². The van der Waals surface area contributed by atoms with E-state index in [0.29, 0.717) is 11.4 Å². The summed E-state index contributed by atoms with van der Waals surface area (Å²) in [5, 5.41) is 2.83. The fraction of sp³-hybridized carbons (Fsp3) is 0.200.